The van der Waals surface area contributed by atoms with Gasteiger partial charge in [0.05, 0.1) is 11.4 Å². The van der Waals surface area contributed by atoms with Crippen LogP contribution in [-0.2, 0) is 16.4 Å². The lowest BCUT2D eigenvalue weighted by atomic mass is 10.0. The maximum Gasteiger partial charge on any atom is 0.323 e. The van der Waals surface area contributed by atoms with Gasteiger partial charge in [-0.1, -0.05) is 11.6 Å². The first-order valence-electron chi connectivity index (χ1n) is 8.36. The van der Waals surface area contributed by atoms with Crippen molar-refractivity contribution in [2.24, 2.45) is 0 Å². The Morgan fingerprint density at radius 1 is 1.12 bits per heavy atom. The van der Waals surface area contributed by atoms with Crippen molar-refractivity contribution in [2.45, 2.75) is 19.8 Å². The van der Waals surface area contributed by atoms with E-state index in [1.807, 2.05) is 6.07 Å². The Bertz CT molecular complexity index is 914. The number of benzene rings is 2. The highest BCUT2D eigenvalue weighted by Crippen LogP contribution is 2.31. The number of carbonyl (C=O) groups excluding carboxylic acids is 1. The normalized spacial score (nSPS) is 13.8. The predicted octanol–water partition coefficient (Wildman–Crippen LogP) is 4.09. The first-order valence-corrected chi connectivity index (χ1v) is 10.3. The largest absolute Gasteiger partial charge is 0.323 e. The summed E-state index contributed by atoms with van der Waals surface area (Å²) in [5.41, 5.74) is 2.86. The zero-order valence-corrected chi connectivity index (χ0v) is 15.9. The molecule has 0 spiro atoms. The van der Waals surface area contributed by atoms with Crippen molar-refractivity contribution in [3.8, 4) is 0 Å². The summed E-state index contributed by atoms with van der Waals surface area (Å²) in [6, 6.07) is 11.7. The van der Waals surface area contributed by atoms with E-state index < -0.39 is 10.0 Å². The molecule has 0 saturated heterocycles. The second kappa shape index (κ2) is 7.55. The second-order valence-electron chi connectivity index (χ2n) is 6.01. The van der Waals surface area contributed by atoms with Gasteiger partial charge in [-0.3, -0.25) is 4.31 Å². The Kier molecular flexibility index (Phi) is 5.38. The molecule has 2 amide bonds. The van der Waals surface area contributed by atoms with Crippen molar-refractivity contribution in [1.29, 1.82) is 0 Å². The lowest BCUT2D eigenvalue weighted by Gasteiger charge is -2.30. The monoisotopic (exact) mass is 393 g/mol. The van der Waals surface area contributed by atoms with E-state index in [-0.39, 0.29) is 11.8 Å². The Hall–Kier alpha value is -2.25. The third-order valence-electron chi connectivity index (χ3n) is 4.22. The van der Waals surface area contributed by atoms with E-state index in [0.717, 1.165) is 18.4 Å². The summed E-state index contributed by atoms with van der Waals surface area (Å²) in [4.78, 5) is 12.1. The molecule has 3 rings (SSSR count). The minimum absolute atomic E-state index is 0.0654. The van der Waals surface area contributed by atoms with E-state index in [9.17, 15) is 13.2 Å². The molecule has 0 aromatic heterocycles. The summed E-state index contributed by atoms with van der Waals surface area (Å²) in [5, 5.41) is 6.09. The third-order valence-corrected chi connectivity index (χ3v) is 6.25. The first kappa shape index (κ1) is 18.5. The molecule has 2 aromatic carbocycles. The minimum Gasteiger partial charge on any atom is -0.308 e. The van der Waals surface area contributed by atoms with Crippen LogP contribution >= 0.6 is 11.6 Å². The van der Waals surface area contributed by atoms with Crippen molar-refractivity contribution in [3.05, 3.63) is 53.1 Å². The van der Waals surface area contributed by atoms with E-state index in [1.165, 1.54) is 4.31 Å². The van der Waals surface area contributed by atoms with Crippen LogP contribution in [0.5, 0.6) is 0 Å². The zero-order chi connectivity index (χ0) is 18.7. The second-order valence-corrected chi connectivity index (χ2v) is 8.62. The highest BCUT2D eigenvalue weighted by Gasteiger charge is 2.26. The molecule has 8 heteroatoms. The van der Waals surface area contributed by atoms with Crippen molar-refractivity contribution in [2.75, 3.05) is 27.2 Å². The highest BCUT2D eigenvalue weighted by atomic mass is 35.5. The SMILES string of the molecule is CCS(=O)(=O)N1CCCc2cc(NC(=O)Nc3ccc(Cl)cc3)ccc21. The van der Waals surface area contributed by atoms with Gasteiger partial charge in [-0.2, -0.15) is 0 Å². The van der Waals surface area contributed by atoms with Crippen molar-refractivity contribution >= 4 is 44.7 Å². The summed E-state index contributed by atoms with van der Waals surface area (Å²) in [7, 11) is -3.29. The molecule has 0 unspecified atom stereocenters. The molecule has 26 heavy (non-hydrogen) atoms. The first-order chi connectivity index (χ1) is 12.4. The minimum atomic E-state index is -3.29. The number of halogens is 1. The van der Waals surface area contributed by atoms with Crippen molar-refractivity contribution < 1.29 is 13.2 Å². The number of amides is 2. The van der Waals surface area contributed by atoms with Crippen LogP contribution in [0.3, 0.4) is 0 Å². The van der Waals surface area contributed by atoms with Gasteiger partial charge >= 0.3 is 6.03 Å². The number of fused-ring (bicyclic) bond motifs is 1. The number of carbonyl (C=O) groups is 1. The summed E-state index contributed by atoms with van der Waals surface area (Å²) in [5.74, 6) is 0.0654. The van der Waals surface area contributed by atoms with E-state index >= 15 is 0 Å². The van der Waals surface area contributed by atoms with Crippen LogP contribution in [0.4, 0.5) is 21.9 Å². The van der Waals surface area contributed by atoms with Gasteiger partial charge in [-0.25, -0.2) is 13.2 Å². The van der Waals surface area contributed by atoms with Crippen molar-refractivity contribution in [1.82, 2.24) is 0 Å². The van der Waals surface area contributed by atoms with Gasteiger partial charge in [0.1, 0.15) is 0 Å². The number of aryl methyl sites for hydroxylation is 1. The van der Waals surface area contributed by atoms with Gasteiger partial charge in [-0.05, 0) is 67.8 Å². The lowest BCUT2D eigenvalue weighted by Crippen LogP contribution is -2.36. The van der Waals surface area contributed by atoms with Crippen LogP contribution in [0.1, 0.15) is 18.9 Å². The predicted molar refractivity (Wildman–Crippen MR) is 106 cm³/mol. The molecule has 6 nitrogen and oxygen atoms in total. The number of nitrogens with one attached hydrogen (secondary N) is 2. The molecule has 2 aromatic rings. The number of sulfonamides is 1. The highest BCUT2D eigenvalue weighted by molar-refractivity contribution is 7.92. The number of urea groups is 1. The third kappa shape index (κ3) is 4.11. The van der Waals surface area contributed by atoms with Crippen LogP contribution < -0.4 is 14.9 Å². The summed E-state index contributed by atoms with van der Waals surface area (Å²) in [6.45, 7) is 2.13. The van der Waals surface area contributed by atoms with Gasteiger partial charge in [0.25, 0.3) is 0 Å². The molecular weight excluding hydrogens is 374 g/mol. The van der Waals surface area contributed by atoms with Crippen LogP contribution in [0, 0.1) is 0 Å². The number of anilines is 3. The number of hydrogen-bond acceptors (Lipinski definition) is 3. The van der Waals surface area contributed by atoms with Gasteiger partial charge in [0.2, 0.25) is 10.0 Å². The average molecular weight is 394 g/mol. The molecule has 1 aliphatic heterocycles. The zero-order valence-electron chi connectivity index (χ0n) is 14.3. The van der Waals surface area contributed by atoms with Gasteiger partial charge < -0.3 is 10.6 Å². The quantitative estimate of drug-likeness (QED) is 0.821. The standard InChI is InChI=1S/C18H20ClN3O3S/c1-2-26(24,25)22-11-3-4-13-12-16(9-10-17(13)22)21-18(23)20-15-7-5-14(19)6-8-15/h5-10,12H,2-4,11H2,1H3,(H2,20,21,23). The van der Waals surface area contributed by atoms with Gasteiger partial charge in [0, 0.05) is 22.9 Å². The molecule has 2 N–H and O–H groups in total. The maximum absolute atomic E-state index is 12.2. The maximum atomic E-state index is 12.2. The molecule has 0 saturated carbocycles. The fourth-order valence-corrected chi connectivity index (χ4v) is 4.23. The van der Waals surface area contributed by atoms with Crippen LogP contribution in [0.15, 0.2) is 42.5 Å². The fourth-order valence-electron chi connectivity index (χ4n) is 2.91. The molecule has 0 fully saturated rings. The molecular formula is C18H20ClN3O3S. The van der Waals surface area contributed by atoms with Crippen LogP contribution in [-0.4, -0.2) is 26.7 Å². The van der Waals surface area contributed by atoms with E-state index in [1.54, 1.807) is 43.3 Å². The average Bonchev–Trinajstić information content (AvgIpc) is 2.63. The topological polar surface area (TPSA) is 78.5 Å². The Morgan fingerprint density at radius 2 is 1.77 bits per heavy atom. The van der Waals surface area contributed by atoms with Crippen LogP contribution in [0.2, 0.25) is 5.02 Å². The van der Waals surface area contributed by atoms with Gasteiger partial charge in [0.15, 0.2) is 0 Å². The fraction of sp³-hybridized carbons (Fsp3) is 0.278. The van der Waals surface area contributed by atoms with Gasteiger partial charge in [-0.15, -0.1) is 0 Å². The summed E-state index contributed by atoms with van der Waals surface area (Å²) >= 11 is 5.82. The Labute approximate surface area is 158 Å². The Morgan fingerprint density at radius 3 is 2.46 bits per heavy atom. The lowest BCUT2D eigenvalue weighted by molar-refractivity contribution is 0.262. The van der Waals surface area contributed by atoms with Crippen molar-refractivity contribution in [3.63, 3.8) is 0 Å². The van der Waals surface area contributed by atoms with Crippen LogP contribution in [0.25, 0.3) is 0 Å². The number of nitrogens with zero attached hydrogens (tertiary/aromatic N) is 1. The van der Waals surface area contributed by atoms with E-state index in [4.69, 9.17) is 11.6 Å². The van der Waals surface area contributed by atoms with E-state index in [2.05, 4.69) is 10.6 Å². The molecule has 1 aliphatic rings. The smallest absolute Gasteiger partial charge is 0.308 e. The molecule has 0 bridgehead atoms. The summed E-state index contributed by atoms with van der Waals surface area (Å²) < 4.78 is 25.9. The summed E-state index contributed by atoms with van der Waals surface area (Å²) in [6.07, 6.45) is 1.53. The van der Waals surface area contributed by atoms with E-state index in [0.29, 0.717) is 28.6 Å². The molecule has 138 valence electrons. The molecule has 0 radical (unpaired) electrons. The number of hydrogen-bond donors (Lipinski definition) is 2. The molecule has 0 aliphatic carbocycles. The molecule has 1 heterocycles. The number of rotatable bonds is 4. The Balaban J connectivity index is 1.74. The molecule has 0 atom stereocenters.